The smallest absolute Gasteiger partial charge is 0.255 e. The van der Waals surface area contributed by atoms with Crippen molar-refractivity contribution in [3.8, 4) is 11.4 Å². The number of nitrogens with zero attached hydrogens (tertiary/aromatic N) is 4. The van der Waals surface area contributed by atoms with Crippen LogP contribution in [-0.4, -0.2) is 31.4 Å². The summed E-state index contributed by atoms with van der Waals surface area (Å²) in [6, 6.07) is 7.30. The van der Waals surface area contributed by atoms with Crippen molar-refractivity contribution in [2.24, 2.45) is 0 Å². The minimum atomic E-state index is -0.0797. The fourth-order valence-electron chi connectivity index (χ4n) is 3.03. The van der Waals surface area contributed by atoms with Crippen molar-refractivity contribution in [2.45, 2.75) is 19.5 Å². The topological polar surface area (TPSA) is 74.8 Å². The van der Waals surface area contributed by atoms with Crippen LogP contribution in [0.1, 0.15) is 16.8 Å². The van der Waals surface area contributed by atoms with E-state index in [4.69, 9.17) is 11.6 Å². The van der Waals surface area contributed by atoms with Gasteiger partial charge < -0.3 is 4.98 Å². The molecule has 0 spiro atoms. The van der Waals surface area contributed by atoms with Crippen LogP contribution >= 0.6 is 11.6 Å². The lowest BCUT2D eigenvalue weighted by Crippen LogP contribution is -2.35. The van der Waals surface area contributed by atoms with Crippen molar-refractivity contribution >= 4 is 11.6 Å². The van der Waals surface area contributed by atoms with Crippen LogP contribution in [0.2, 0.25) is 5.02 Å². The van der Waals surface area contributed by atoms with E-state index in [0.29, 0.717) is 17.4 Å². The van der Waals surface area contributed by atoms with Crippen molar-refractivity contribution in [3.63, 3.8) is 0 Å². The lowest BCUT2D eigenvalue weighted by atomic mass is 10.1. The third kappa shape index (κ3) is 3.45. The number of halogens is 1. The molecule has 3 aromatic rings. The standard InChI is InChI=1S/C18H16ClN5O/c19-14-3-1-13(2-4-14)17-22-16-5-6-24(10-15(16)18(25)23-17)9-12-7-20-11-21-8-12/h1-4,7-8,11H,5-6,9-10H2,(H,22,23,25). The molecular weight excluding hydrogens is 338 g/mol. The van der Waals surface area contributed by atoms with Crippen LogP contribution in [0.3, 0.4) is 0 Å². The normalized spacial score (nSPS) is 14.3. The molecule has 2 aromatic heterocycles. The average Bonchev–Trinajstić information content (AvgIpc) is 2.63. The zero-order valence-corrected chi connectivity index (χ0v) is 14.2. The fraction of sp³-hybridized carbons (Fsp3) is 0.222. The SMILES string of the molecule is O=c1[nH]c(-c2ccc(Cl)cc2)nc2c1CN(Cc1cncnc1)CC2. The van der Waals surface area contributed by atoms with E-state index in [1.165, 1.54) is 6.33 Å². The van der Waals surface area contributed by atoms with Gasteiger partial charge in [-0.25, -0.2) is 15.0 Å². The molecule has 126 valence electrons. The Labute approximate surface area is 149 Å². The summed E-state index contributed by atoms with van der Waals surface area (Å²) in [6.45, 7) is 2.14. The maximum atomic E-state index is 12.5. The third-order valence-electron chi connectivity index (χ3n) is 4.29. The van der Waals surface area contributed by atoms with E-state index in [9.17, 15) is 4.79 Å². The molecule has 6 nitrogen and oxygen atoms in total. The minimum Gasteiger partial charge on any atom is -0.306 e. The quantitative estimate of drug-likeness (QED) is 0.782. The molecule has 25 heavy (non-hydrogen) atoms. The molecule has 3 heterocycles. The summed E-state index contributed by atoms with van der Waals surface area (Å²) in [4.78, 5) is 30.4. The van der Waals surface area contributed by atoms with Crippen LogP contribution < -0.4 is 5.56 Å². The Morgan fingerprint density at radius 1 is 1.16 bits per heavy atom. The van der Waals surface area contributed by atoms with Gasteiger partial charge in [0.15, 0.2) is 0 Å². The first-order valence-electron chi connectivity index (χ1n) is 8.03. The molecule has 1 aliphatic rings. The monoisotopic (exact) mass is 353 g/mol. The van der Waals surface area contributed by atoms with Crippen LogP contribution in [-0.2, 0) is 19.5 Å². The molecule has 0 radical (unpaired) electrons. The molecule has 0 unspecified atom stereocenters. The zero-order valence-electron chi connectivity index (χ0n) is 13.4. The van der Waals surface area contributed by atoms with Gasteiger partial charge in [-0.05, 0) is 24.3 Å². The average molecular weight is 354 g/mol. The van der Waals surface area contributed by atoms with E-state index in [-0.39, 0.29) is 5.56 Å². The van der Waals surface area contributed by atoms with Crippen molar-refractivity contribution in [1.82, 2.24) is 24.8 Å². The van der Waals surface area contributed by atoms with Gasteiger partial charge in [0.05, 0.1) is 11.3 Å². The number of nitrogens with one attached hydrogen (secondary N) is 1. The predicted octanol–water partition coefficient (Wildman–Crippen LogP) is 2.44. The van der Waals surface area contributed by atoms with Crippen molar-refractivity contribution in [1.29, 1.82) is 0 Å². The number of rotatable bonds is 3. The molecular formula is C18H16ClN5O. The highest BCUT2D eigenvalue weighted by molar-refractivity contribution is 6.30. The first-order chi connectivity index (χ1) is 12.2. The Hall–Kier alpha value is -2.57. The van der Waals surface area contributed by atoms with Crippen molar-refractivity contribution < 1.29 is 0 Å². The van der Waals surface area contributed by atoms with Gasteiger partial charge in [-0.15, -0.1) is 0 Å². The van der Waals surface area contributed by atoms with Crippen LogP contribution in [0, 0.1) is 0 Å². The molecule has 0 saturated carbocycles. The number of benzene rings is 1. The van der Waals surface area contributed by atoms with Crippen molar-refractivity contribution in [3.05, 3.63) is 75.2 Å². The Bertz CT molecular complexity index is 940. The van der Waals surface area contributed by atoms with E-state index in [0.717, 1.165) is 41.9 Å². The lowest BCUT2D eigenvalue weighted by molar-refractivity contribution is 0.241. The van der Waals surface area contributed by atoms with Gasteiger partial charge in [0.1, 0.15) is 12.2 Å². The van der Waals surface area contributed by atoms with Gasteiger partial charge in [-0.1, -0.05) is 11.6 Å². The molecule has 0 aliphatic carbocycles. The Morgan fingerprint density at radius 3 is 2.68 bits per heavy atom. The second-order valence-corrected chi connectivity index (χ2v) is 6.49. The highest BCUT2D eigenvalue weighted by atomic mass is 35.5. The fourth-order valence-corrected chi connectivity index (χ4v) is 3.16. The number of hydrogen-bond donors (Lipinski definition) is 1. The van der Waals surface area contributed by atoms with E-state index in [1.807, 2.05) is 12.1 Å². The van der Waals surface area contributed by atoms with Crippen LogP contribution in [0.15, 0.2) is 47.8 Å². The summed E-state index contributed by atoms with van der Waals surface area (Å²) < 4.78 is 0. The first kappa shape index (κ1) is 15.9. The van der Waals surface area contributed by atoms with E-state index < -0.39 is 0 Å². The van der Waals surface area contributed by atoms with Gasteiger partial charge in [-0.3, -0.25) is 9.69 Å². The maximum Gasteiger partial charge on any atom is 0.255 e. The predicted molar refractivity (Wildman–Crippen MR) is 95.2 cm³/mol. The number of H-pyrrole nitrogens is 1. The highest BCUT2D eigenvalue weighted by Crippen LogP contribution is 2.21. The summed E-state index contributed by atoms with van der Waals surface area (Å²) in [5.41, 5.74) is 3.42. The van der Waals surface area contributed by atoms with Crippen LogP contribution in [0.4, 0.5) is 0 Å². The van der Waals surface area contributed by atoms with Crippen molar-refractivity contribution in [2.75, 3.05) is 6.54 Å². The summed E-state index contributed by atoms with van der Waals surface area (Å²) in [6.07, 6.45) is 5.86. The highest BCUT2D eigenvalue weighted by Gasteiger charge is 2.21. The largest absolute Gasteiger partial charge is 0.306 e. The first-order valence-corrected chi connectivity index (χ1v) is 8.41. The Balaban J connectivity index is 1.59. The van der Waals surface area contributed by atoms with Crippen LogP contribution in [0.25, 0.3) is 11.4 Å². The van der Waals surface area contributed by atoms with Gasteiger partial charge in [0, 0.05) is 54.6 Å². The third-order valence-corrected chi connectivity index (χ3v) is 4.54. The molecule has 1 aromatic carbocycles. The molecule has 1 aliphatic heterocycles. The molecule has 0 fully saturated rings. The van der Waals surface area contributed by atoms with Gasteiger partial charge in [0.25, 0.3) is 5.56 Å². The van der Waals surface area contributed by atoms with Crippen LogP contribution in [0.5, 0.6) is 0 Å². The molecule has 0 bridgehead atoms. The summed E-state index contributed by atoms with van der Waals surface area (Å²) in [5, 5.41) is 0.657. The lowest BCUT2D eigenvalue weighted by Gasteiger charge is -2.27. The summed E-state index contributed by atoms with van der Waals surface area (Å²) in [5.74, 6) is 0.588. The maximum absolute atomic E-state index is 12.5. The number of hydrogen-bond acceptors (Lipinski definition) is 5. The molecule has 1 N–H and O–H groups in total. The number of aromatic amines is 1. The van der Waals surface area contributed by atoms with Gasteiger partial charge >= 0.3 is 0 Å². The zero-order chi connectivity index (χ0) is 17.2. The van der Waals surface area contributed by atoms with Gasteiger partial charge in [0.2, 0.25) is 0 Å². The Kier molecular flexibility index (Phi) is 4.29. The summed E-state index contributed by atoms with van der Waals surface area (Å²) in [7, 11) is 0. The number of fused-ring (bicyclic) bond motifs is 1. The van der Waals surface area contributed by atoms with E-state index in [2.05, 4.69) is 24.8 Å². The second-order valence-electron chi connectivity index (χ2n) is 6.05. The van der Waals surface area contributed by atoms with E-state index >= 15 is 0 Å². The summed E-state index contributed by atoms with van der Waals surface area (Å²) >= 11 is 5.92. The molecule has 0 saturated heterocycles. The van der Waals surface area contributed by atoms with Gasteiger partial charge in [-0.2, -0.15) is 0 Å². The Morgan fingerprint density at radius 2 is 1.92 bits per heavy atom. The second kappa shape index (κ2) is 6.74. The molecule has 4 rings (SSSR count). The molecule has 7 heteroatoms. The van der Waals surface area contributed by atoms with E-state index in [1.54, 1.807) is 24.5 Å². The number of aromatic nitrogens is 4. The molecule has 0 amide bonds. The molecule has 0 atom stereocenters. The minimum absolute atomic E-state index is 0.0797.